The third-order valence-corrected chi connectivity index (χ3v) is 6.68. The predicted octanol–water partition coefficient (Wildman–Crippen LogP) is 3.03. The zero-order valence-electron chi connectivity index (χ0n) is 18.0. The van der Waals surface area contributed by atoms with E-state index in [0.29, 0.717) is 31.6 Å². The number of carbonyl (C=O) groups excluding carboxylic acids is 2. The maximum atomic E-state index is 13.3. The zero-order valence-corrected chi connectivity index (χ0v) is 18.0. The van der Waals surface area contributed by atoms with Crippen LogP contribution in [0.2, 0.25) is 0 Å². The maximum absolute atomic E-state index is 13.3. The average Bonchev–Trinajstić information content (AvgIpc) is 3.33. The molecule has 0 bridgehead atoms. The number of carbonyl (C=O) groups is 2. The molecule has 0 radical (unpaired) electrons. The molecule has 7 nitrogen and oxygen atoms in total. The first kappa shape index (κ1) is 20.4. The van der Waals surface area contributed by atoms with Crippen molar-refractivity contribution in [2.75, 3.05) is 19.6 Å². The van der Waals surface area contributed by atoms with Crippen molar-refractivity contribution in [2.45, 2.75) is 31.7 Å². The first-order valence-electron chi connectivity index (χ1n) is 11.3. The largest absolute Gasteiger partial charge is 0.348 e. The topological polar surface area (TPSA) is 82.2 Å². The molecule has 164 valence electrons. The highest BCUT2D eigenvalue weighted by Gasteiger charge is 2.40. The van der Waals surface area contributed by atoms with Crippen LogP contribution >= 0.6 is 0 Å². The van der Waals surface area contributed by atoms with E-state index in [9.17, 15) is 9.59 Å². The number of pyridine rings is 1. The van der Waals surface area contributed by atoms with Crippen molar-refractivity contribution < 1.29 is 9.59 Å². The Morgan fingerprint density at radius 3 is 2.59 bits per heavy atom. The molecule has 0 saturated carbocycles. The van der Waals surface area contributed by atoms with Gasteiger partial charge in [0.1, 0.15) is 0 Å². The monoisotopic (exact) mass is 429 g/mol. The number of rotatable bonds is 4. The van der Waals surface area contributed by atoms with Crippen molar-refractivity contribution >= 4 is 11.8 Å². The summed E-state index contributed by atoms with van der Waals surface area (Å²) in [5, 5.41) is 0. The van der Waals surface area contributed by atoms with Crippen molar-refractivity contribution in [2.24, 2.45) is 5.92 Å². The number of aromatic nitrogens is 3. The van der Waals surface area contributed by atoms with Gasteiger partial charge in [0, 0.05) is 44.1 Å². The Kier molecular flexibility index (Phi) is 5.71. The molecule has 7 heteroatoms. The van der Waals surface area contributed by atoms with E-state index in [1.807, 2.05) is 46.2 Å². The van der Waals surface area contributed by atoms with Crippen LogP contribution in [0.5, 0.6) is 0 Å². The highest BCUT2D eigenvalue weighted by Crippen LogP contribution is 2.39. The van der Waals surface area contributed by atoms with E-state index in [-0.39, 0.29) is 23.8 Å². The van der Waals surface area contributed by atoms with E-state index in [1.165, 1.54) is 0 Å². The summed E-state index contributed by atoms with van der Waals surface area (Å²) in [7, 11) is 0. The molecule has 0 spiro atoms. The summed E-state index contributed by atoms with van der Waals surface area (Å²) < 4.78 is 0. The SMILES string of the molecule is O=C(Cc1ccccc1)N1CCC(C2c3nc[nH]c3CCN2C(=O)c2cccnc2)CC1. The molecule has 0 aliphatic carbocycles. The standard InChI is InChI=1S/C25H27N5O2/c31-22(15-18-5-2-1-3-6-18)29-12-8-19(9-13-29)24-23-21(27-17-28-23)10-14-30(24)25(32)20-7-4-11-26-16-20/h1-7,11,16-17,19,24H,8-10,12-15H2,(H,27,28). The Bertz CT molecular complexity index is 1070. The molecule has 2 aliphatic rings. The lowest BCUT2D eigenvalue weighted by molar-refractivity contribution is -0.132. The normalized spacial score (nSPS) is 18.9. The van der Waals surface area contributed by atoms with E-state index in [4.69, 9.17) is 0 Å². The minimum atomic E-state index is -0.0796. The van der Waals surface area contributed by atoms with Crippen LogP contribution in [0.3, 0.4) is 0 Å². The van der Waals surface area contributed by atoms with Gasteiger partial charge in [0.15, 0.2) is 0 Å². The number of nitrogens with zero attached hydrogens (tertiary/aromatic N) is 4. The average molecular weight is 430 g/mol. The van der Waals surface area contributed by atoms with Gasteiger partial charge >= 0.3 is 0 Å². The lowest BCUT2D eigenvalue weighted by atomic mass is 9.83. The van der Waals surface area contributed by atoms with Crippen LogP contribution in [0.1, 0.15) is 46.2 Å². The number of aromatic amines is 1. The van der Waals surface area contributed by atoms with Crippen molar-refractivity contribution in [1.82, 2.24) is 24.8 Å². The molecule has 5 rings (SSSR count). The Morgan fingerprint density at radius 1 is 1.03 bits per heavy atom. The summed E-state index contributed by atoms with van der Waals surface area (Å²) >= 11 is 0. The van der Waals surface area contributed by atoms with Crippen molar-refractivity contribution in [3.8, 4) is 0 Å². The number of H-pyrrole nitrogens is 1. The molecule has 2 aromatic heterocycles. The van der Waals surface area contributed by atoms with E-state index >= 15 is 0 Å². The summed E-state index contributed by atoms with van der Waals surface area (Å²) in [4.78, 5) is 42.1. The highest BCUT2D eigenvalue weighted by molar-refractivity contribution is 5.94. The molecule has 2 aliphatic heterocycles. The summed E-state index contributed by atoms with van der Waals surface area (Å²) in [5.74, 6) is 0.431. The molecule has 1 aromatic carbocycles. The van der Waals surface area contributed by atoms with E-state index in [1.54, 1.807) is 24.8 Å². The molecular formula is C25H27N5O2. The van der Waals surface area contributed by atoms with Crippen LogP contribution in [0.15, 0.2) is 61.2 Å². The van der Waals surface area contributed by atoms with Crippen LogP contribution in [-0.4, -0.2) is 56.2 Å². The Labute approximate surface area is 187 Å². The fraction of sp³-hybridized carbons (Fsp3) is 0.360. The Balaban J connectivity index is 1.31. The van der Waals surface area contributed by atoms with E-state index in [0.717, 1.165) is 36.2 Å². The Hall–Kier alpha value is -3.48. The minimum absolute atomic E-state index is 0.000617. The van der Waals surface area contributed by atoms with Gasteiger partial charge in [-0.2, -0.15) is 0 Å². The molecule has 2 amide bonds. The second kappa shape index (κ2) is 8.94. The van der Waals surface area contributed by atoms with Gasteiger partial charge in [0.25, 0.3) is 5.91 Å². The highest BCUT2D eigenvalue weighted by atomic mass is 16.2. The summed E-state index contributed by atoms with van der Waals surface area (Å²) in [6.45, 7) is 2.07. The van der Waals surface area contributed by atoms with Gasteiger partial charge in [-0.05, 0) is 36.5 Å². The number of piperidine rings is 1. The van der Waals surface area contributed by atoms with Crippen LogP contribution in [0.25, 0.3) is 0 Å². The molecule has 1 saturated heterocycles. The second-order valence-corrected chi connectivity index (χ2v) is 8.58. The van der Waals surface area contributed by atoms with Crippen LogP contribution in [-0.2, 0) is 17.6 Å². The molecule has 32 heavy (non-hydrogen) atoms. The van der Waals surface area contributed by atoms with Crippen LogP contribution in [0.4, 0.5) is 0 Å². The van der Waals surface area contributed by atoms with Crippen LogP contribution < -0.4 is 0 Å². The maximum Gasteiger partial charge on any atom is 0.256 e. The van der Waals surface area contributed by atoms with Crippen molar-refractivity contribution in [3.63, 3.8) is 0 Å². The van der Waals surface area contributed by atoms with Gasteiger partial charge in [-0.1, -0.05) is 30.3 Å². The van der Waals surface area contributed by atoms with E-state index < -0.39 is 0 Å². The second-order valence-electron chi connectivity index (χ2n) is 8.58. The summed E-state index contributed by atoms with van der Waals surface area (Å²) in [6.07, 6.45) is 7.95. The number of benzene rings is 1. The molecule has 1 atom stereocenters. The van der Waals surface area contributed by atoms with E-state index in [2.05, 4.69) is 15.0 Å². The predicted molar refractivity (Wildman–Crippen MR) is 120 cm³/mol. The fourth-order valence-corrected chi connectivity index (χ4v) is 5.01. The number of likely N-dealkylation sites (tertiary alicyclic amines) is 1. The summed E-state index contributed by atoms with van der Waals surface area (Å²) in [5.41, 5.74) is 3.74. The molecule has 1 unspecified atom stereocenters. The van der Waals surface area contributed by atoms with Gasteiger partial charge in [0.2, 0.25) is 5.91 Å². The van der Waals surface area contributed by atoms with Crippen LogP contribution in [0, 0.1) is 5.92 Å². The van der Waals surface area contributed by atoms with Crippen molar-refractivity contribution in [1.29, 1.82) is 0 Å². The number of fused-ring (bicyclic) bond motifs is 1. The van der Waals surface area contributed by atoms with Gasteiger partial charge < -0.3 is 14.8 Å². The zero-order chi connectivity index (χ0) is 21.9. The number of hydrogen-bond donors (Lipinski definition) is 1. The number of nitrogens with one attached hydrogen (secondary N) is 1. The molecule has 1 N–H and O–H groups in total. The smallest absolute Gasteiger partial charge is 0.256 e. The molecular weight excluding hydrogens is 402 g/mol. The molecule has 3 aromatic rings. The molecule has 4 heterocycles. The van der Waals surface area contributed by atoms with Gasteiger partial charge in [0.05, 0.1) is 30.0 Å². The quantitative estimate of drug-likeness (QED) is 0.691. The lowest BCUT2D eigenvalue weighted by Gasteiger charge is -2.43. The van der Waals surface area contributed by atoms with Gasteiger partial charge in [-0.3, -0.25) is 14.6 Å². The first-order valence-corrected chi connectivity index (χ1v) is 11.3. The fourth-order valence-electron chi connectivity index (χ4n) is 5.01. The number of hydrogen-bond acceptors (Lipinski definition) is 4. The third-order valence-electron chi connectivity index (χ3n) is 6.68. The Morgan fingerprint density at radius 2 is 1.84 bits per heavy atom. The number of imidazole rings is 1. The lowest BCUT2D eigenvalue weighted by Crippen LogP contribution is -2.47. The van der Waals surface area contributed by atoms with Gasteiger partial charge in [-0.25, -0.2) is 4.98 Å². The number of amides is 2. The first-order chi connectivity index (χ1) is 15.7. The van der Waals surface area contributed by atoms with Crippen molar-refractivity contribution in [3.05, 3.63) is 83.7 Å². The summed E-state index contributed by atoms with van der Waals surface area (Å²) in [6, 6.07) is 13.4. The molecule has 1 fully saturated rings. The van der Waals surface area contributed by atoms with Gasteiger partial charge in [-0.15, -0.1) is 0 Å². The third kappa shape index (κ3) is 4.02. The minimum Gasteiger partial charge on any atom is -0.348 e.